The van der Waals surface area contributed by atoms with Crippen molar-refractivity contribution in [3.63, 3.8) is 0 Å². The lowest BCUT2D eigenvalue weighted by Gasteiger charge is -2.33. The minimum Gasteiger partial charge on any atom is -0.474 e. The normalized spacial score (nSPS) is 17.1. The number of nitrogens with zero attached hydrogens (tertiary/aromatic N) is 6. The molecule has 73 heavy (non-hydrogen) atoms. The molecule has 4 aromatic rings. The molecule has 4 aliphatic rings. The fourth-order valence-corrected chi connectivity index (χ4v) is 11.7. The predicted octanol–water partition coefficient (Wildman–Crippen LogP) is 9.72. The van der Waals surface area contributed by atoms with Gasteiger partial charge in [-0.1, -0.05) is 24.4 Å². The van der Waals surface area contributed by atoms with Crippen LogP contribution >= 0.6 is 11.6 Å². The second-order valence-corrected chi connectivity index (χ2v) is 25.3. The predicted molar refractivity (Wildman–Crippen MR) is 272 cm³/mol. The Kier molecular flexibility index (Phi) is 18.4. The van der Waals surface area contributed by atoms with Crippen molar-refractivity contribution in [2.45, 2.75) is 163 Å². The molecule has 0 bridgehead atoms. The van der Waals surface area contributed by atoms with Crippen molar-refractivity contribution in [3.8, 4) is 11.8 Å². The molecule has 0 spiro atoms. The Morgan fingerprint density at radius 2 is 1.07 bits per heavy atom. The highest BCUT2D eigenvalue weighted by Crippen LogP contribution is 2.35. The van der Waals surface area contributed by atoms with Crippen LogP contribution in [0.2, 0.25) is 5.15 Å². The number of nitrogen functional groups attached to an aromatic ring is 1. The molecule has 23 heteroatoms. The van der Waals surface area contributed by atoms with E-state index in [9.17, 15) is 35.2 Å². The Morgan fingerprint density at radius 1 is 0.644 bits per heavy atom. The van der Waals surface area contributed by atoms with Gasteiger partial charge in [0.2, 0.25) is 11.8 Å². The zero-order valence-electron chi connectivity index (χ0n) is 42.6. The molecule has 2 aromatic heterocycles. The number of aromatic nitrogens is 4. The van der Waals surface area contributed by atoms with E-state index in [2.05, 4.69) is 25.3 Å². The molecule has 2 aliphatic heterocycles. The van der Waals surface area contributed by atoms with Gasteiger partial charge in [0.25, 0.3) is 0 Å². The van der Waals surface area contributed by atoms with Crippen LogP contribution in [0.1, 0.15) is 117 Å². The first-order valence-corrected chi connectivity index (χ1v) is 27.9. The van der Waals surface area contributed by atoms with Crippen LogP contribution in [0.4, 0.5) is 35.6 Å². The third kappa shape index (κ3) is 15.2. The Balaban J connectivity index is 0.000000198. The maximum Gasteiger partial charge on any atom is 0.410 e. The number of ether oxygens (including phenoxy) is 4. The molecule has 2 saturated carbocycles. The number of carbonyl (C=O) groups excluding carboxylic acids is 2. The second kappa shape index (κ2) is 23.7. The number of rotatable bonds is 10. The van der Waals surface area contributed by atoms with E-state index in [-0.39, 0.29) is 50.8 Å². The van der Waals surface area contributed by atoms with Gasteiger partial charge in [-0.3, -0.25) is 0 Å². The molecule has 2 saturated heterocycles. The molecule has 18 nitrogen and oxygen atoms in total. The number of anilines is 3. The molecular weight excluding hydrogens is 1010 g/mol. The first-order valence-electron chi connectivity index (χ1n) is 24.4. The Bertz CT molecular complexity index is 2810. The Labute approximate surface area is 431 Å². The highest BCUT2D eigenvalue weighted by atomic mass is 35.5. The number of likely N-dealkylation sites (tertiary alicyclic amines) is 2. The molecular formula is C50H67ClF2N8O10S2. The summed E-state index contributed by atoms with van der Waals surface area (Å²) in [6.07, 6.45) is 9.10. The van der Waals surface area contributed by atoms with E-state index in [0.29, 0.717) is 93.0 Å². The number of benzene rings is 2. The summed E-state index contributed by atoms with van der Waals surface area (Å²) < 4.78 is 99.6. The van der Waals surface area contributed by atoms with Gasteiger partial charge >= 0.3 is 12.2 Å². The highest BCUT2D eigenvalue weighted by Gasteiger charge is 2.35. The number of nitrogens with one attached hydrogen (secondary N) is 1. The number of hydrogen-bond donors (Lipinski definition) is 2. The summed E-state index contributed by atoms with van der Waals surface area (Å²) in [5, 5.41) is 2.57. The first kappa shape index (κ1) is 56.7. The molecule has 2 aliphatic carbocycles. The molecule has 4 heterocycles. The lowest BCUT2D eigenvalue weighted by atomic mass is 10.00. The largest absolute Gasteiger partial charge is 0.474 e. The number of halogens is 3. The van der Waals surface area contributed by atoms with Crippen molar-refractivity contribution >= 4 is 60.7 Å². The third-order valence-corrected chi connectivity index (χ3v) is 17.5. The van der Waals surface area contributed by atoms with Gasteiger partial charge in [-0.15, -0.1) is 0 Å². The minimum atomic E-state index is -3.51. The van der Waals surface area contributed by atoms with Crippen LogP contribution in [-0.4, -0.2) is 119 Å². The molecule has 3 N–H and O–H groups in total. The minimum absolute atomic E-state index is 0.00333. The summed E-state index contributed by atoms with van der Waals surface area (Å²) in [6.45, 7) is 16.9. The van der Waals surface area contributed by atoms with Crippen molar-refractivity contribution in [1.82, 2.24) is 29.7 Å². The topological polar surface area (TPSA) is 235 Å². The van der Waals surface area contributed by atoms with Gasteiger partial charge in [0.1, 0.15) is 58.7 Å². The third-order valence-electron chi connectivity index (χ3n) is 12.6. The summed E-state index contributed by atoms with van der Waals surface area (Å²) in [7, 11) is -6.85. The SMILES string of the molecule is Cc1c(Cl)ncnc1OC1CCN(C(=O)OC(C)(C)C)CC1.Cc1c(Nc2ccc(S(=O)(=O)C3CCC3)cc2F)ncnc1OC1CCN(C(=O)OC(C)(C)C)CC1.Nc1ccc(S(=O)(=O)C2CCC2)cc1F. The number of amides is 2. The van der Waals surface area contributed by atoms with Crippen LogP contribution in [0.25, 0.3) is 0 Å². The van der Waals surface area contributed by atoms with Gasteiger partial charge in [-0.05, 0) is 117 Å². The van der Waals surface area contributed by atoms with E-state index in [4.69, 9.17) is 36.3 Å². The number of piperidine rings is 2. The summed E-state index contributed by atoms with van der Waals surface area (Å²) in [5.41, 5.74) is 5.68. The second-order valence-electron chi connectivity index (χ2n) is 20.5. The van der Waals surface area contributed by atoms with Gasteiger partial charge in [0.15, 0.2) is 19.7 Å². The van der Waals surface area contributed by atoms with E-state index in [1.54, 1.807) is 16.7 Å². The maximum atomic E-state index is 14.8. The molecule has 400 valence electrons. The monoisotopic (exact) mass is 1080 g/mol. The lowest BCUT2D eigenvalue weighted by molar-refractivity contribution is 0.0111. The van der Waals surface area contributed by atoms with Gasteiger partial charge in [-0.25, -0.2) is 55.1 Å². The lowest BCUT2D eigenvalue weighted by Crippen LogP contribution is -2.44. The standard InChI is InChI=1S/C25H33FN4O5S.C15H22ClN3O3.C10H12FNO2S/c1-16-22(29-21-9-8-19(14-20(21)26)36(32,33)18-6-5-7-18)27-15-28-23(16)34-17-10-12-30(13-11-17)24(31)35-25(2,3)4;1-10-12(16)17-9-18-13(10)21-11-5-7-19(8-6-11)14(20)22-15(2,3)4;11-9-6-8(4-5-10(9)12)15(13,14)7-2-1-3-7/h8-9,14-15,17-18H,5-7,10-13H2,1-4H3,(H,27,28,29);9,11H,5-8H2,1-4H3;4-7H,1-3,12H2. The molecule has 0 atom stereocenters. The molecule has 0 unspecified atom stereocenters. The molecule has 2 aromatic carbocycles. The van der Waals surface area contributed by atoms with Gasteiger partial charge in [0.05, 0.1) is 37.2 Å². The van der Waals surface area contributed by atoms with Crippen LogP contribution in [0, 0.1) is 25.5 Å². The van der Waals surface area contributed by atoms with Gasteiger partial charge in [-0.2, -0.15) is 0 Å². The average Bonchev–Trinajstić information content (AvgIpc) is 3.26. The summed E-state index contributed by atoms with van der Waals surface area (Å²) >= 11 is 5.96. The van der Waals surface area contributed by atoms with Crippen LogP contribution in [-0.2, 0) is 29.1 Å². The van der Waals surface area contributed by atoms with Gasteiger partial charge < -0.3 is 39.8 Å². The van der Waals surface area contributed by atoms with Crippen LogP contribution in [0.3, 0.4) is 0 Å². The Hall–Kier alpha value is -5.61. The van der Waals surface area contributed by atoms with E-state index in [1.807, 2.05) is 48.5 Å². The van der Waals surface area contributed by atoms with Gasteiger partial charge in [0, 0.05) is 57.4 Å². The molecule has 4 fully saturated rings. The molecule has 8 rings (SSSR count). The molecule has 2 amide bonds. The van der Waals surface area contributed by atoms with Crippen LogP contribution < -0.4 is 20.5 Å². The van der Waals surface area contributed by atoms with Crippen molar-refractivity contribution in [2.75, 3.05) is 37.2 Å². The van der Waals surface area contributed by atoms with Crippen molar-refractivity contribution in [3.05, 3.63) is 77.0 Å². The summed E-state index contributed by atoms with van der Waals surface area (Å²) in [4.78, 5) is 44.2. The van der Waals surface area contributed by atoms with Crippen molar-refractivity contribution in [1.29, 1.82) is 0 Å². The summed E-state index contributed by atoms with van der Waals surface area (Å²) in [6, 6.07) is 7.55. The quantitative estimate of drug-likeness (QED) is 0.111. The average molecular weight is 1080 g/mol. The Morgan fingerprint density at radius 3 is 1.48 bits per heavy atom. The first-order chi connectivity index (χ1) is 34.2. The van der Waals surface area contributed by atoms with Crippen LogP contribution in [0.15, 0.2) is 58.8 Å². The highest BCUT2D eigenvalue weighted by molar-refractivity contribution is 7.92. The van der Waals surface area contributed by atoms with E-state index in [1.165, 1.54) is 36.9 Å². The van der Waals surface area contributed by atoms with E-state index in [0.717, 1.165) is 43.4 Å². The fourth-order valence-electron chi connectivity index (χ4n) is 7.83. The fraction of sp³-hybridized carbons (Fsp3) is 0.560. The number of nitrogens with two attached hydrogens (primary N) is 1. The maximum absolute atomic E-state index is 14.8. The van der Waals surface area contributed by atoms with E-state index >= 15 is 0 Å². The smallest absolute Gasteiger partial charge is 0.410 e. The zero-order valence-corrected chi connectivity index (χ0v) is 45.0. The number of hydrogen-bond acceptors (Lipinski definition) is 16. The summed E-state index contributed by atoms with van der Waals surface area (Å²) in [5.74, 6) is -0.107. The van der Waals surface area contributed by atoms with Crippen molar-refractivity contribution < 1.29 is 54.2 Å². The number of sulfone groups is 2. The molecule has 0 radical (unpaired) electrons. The number of carbonyl (C=O) groups is 2. The van der Waals surface area contributed by atoms with Crippen molar-refractivity contribution in [2.24, 2.45) is 0 Å². The van der Waals surface area contributed by atoms with E-state index < -0.39 is 47.8 Å². The zero-order chi connectivity index (χ0) is 53.5. The van der Waals surface area contributed by atoms with Crippen LogP contribution in [0.5, 0.6) is 11.8 Å².